The molecule has 1 saturated heterocycles. The number of nitrogens with zero attached hydrogens (tertiary/aromatic N) is 1. The second kappa shape index (κ2) is 12.9. The summed E-state index contributed by atoms with van der Waals surface area (Å²) in [6.45, 7) is 7.35. The molecule has 0 spiro atoms. The standard InChI is InChI=1S/C29H38N2O6/c1-20(2)37-23-11-8-21(9-12-23)25(32)6-5-7-28(33)30-24(19-31-14-3-4-15-31)29(34)22-10-13-26-27(18-22)36-17-16-35-26/h8-13,18,20,24,29,34H,3-7,14-17,19H2,1-2H3,(H,30,33)/t24-,29-/m1/s1. The summed E-state index contributed by atoms with van der Waals surface area (Å²) in [4.78, 5) is 27.7. The Kier molecular flexibility index (Phi) is 9.41. The molecule has 2 aromatic carbocycles. The molecule has 37 heavy (non-hydrogen) atoms. The Morgan fingerprint density at radius 3 is 2.41 bits per heavy atom. The van der Waals surface area contributed by atoms with E-state index in [2.05, 4.69) is 10.2 Å². The van der Waals surface area contributed by atoms with E-state index in [0.29, 0.717) is 48.8 Å². The number of carbonyl (C=O) groups excluding carboxylic acids is 2. The van der Waals surface area contributed by atoms with Crippen LogP contribution in [0.3, 0.4) is 0 Å². The van der Waals surface area contributed by atoms with E-state index in [4.69, 9.17) is 14.2 Å². The van der Waals surface area contributed by atoms with Gasteiger partial charge in [0.1, 0.15) is 25.1 Å². The van der Waals surface area contributed by atoms with Crippen molar-refractivity contribution >= 4 is 11.7 Å². The molecule has 2 aromatic rings. The smallest absolute Gasteiger partial charge is 0.220 e. The normalized spacial score (nSPS) is 16.9. The van der Waals surface area contributed by atoms with E-state index in [0.717, 1.165) is 31.7 Å². The molecule has 0 radical (unpaired) electrons. The van der Waals surface area contributed by atoms with Gasteiger partial charge in [0.05, 0.1) is 12.1 Å². The Bertz CT molecular complexity index is 1050. The number of likely N-dealkylation sites (tertiary alicyclic amines) is 1. The average Bonchev–Trinajstić information content (AvgIpc) is 3.41. The van der Waals surface area contributed by atoms with Crippen LogP contribution in [-0.4, -0.2) is 66.7 Å². The van der Waals surface area contributed by atoms with E-state index in [-0.39, 0.29) is 30.6 Å². The number of carbonyl (C=O) groups is 2. The van der Waals surface area contributed by atoms with Crippen molar-refractivity contribution in [2.24, 2.45) is 0 Å². The van der Waals surface area contributed by atoms with E-state index in [9.17, 15) is 14.7 Å². The number of hydrogen-bond donors (Lipinski definition) is 2. The molecule has 0 unspecified atom stereocenters. The minimum absolute atomic E-state index is 0.00572. The van der Waals surface area contributed by atoms with Crippen LogP contribution in [0, 0.1) is 0 Å². The van der Waals surface area contributed by atoms with Crippen LogP contribution in [-0.2, 0) is 4.79 Å². The van der Waals surface area contributed by atoms with Crippen LogP contribution < -0.4 is 19.5 Å². The largest absolute Gasteiger partial charge is 0.491 e. The third-order valence-corrected chi connectivity index (χ3v) is 6.64. The Balaban J connectivity index is 1.32. The lowest BCUT2D eigenvalue weighted by molar-refractivity contribution is -0.123. The minimum atomic E-state index is -0.895. The molecule has 2 N–H and O–H groups in total. The van der Waals surface area contributed by atoms with Gasteiger partial charge in [0.25, 0.3) is 0 Å². The van der Waals surface area contributed by atoms with Crippen molar-refractivity contribution in [3.63, 3.8) is 0 Å². The van der Waals surface area contributed by atoms with Gasteiger partial charge in [-0.1, -0.05) is 6.07 Å². The van der Waals surface area contributed by atoms with Gasteiger partial charge in [-0.2, -0.15) is 0 Å². The molecule has 2 heterocycles. The number of Topliss-reactive ketones (excluding diaryl/α,β-unsaturated/α-hetero) is 1. The summed E-state index contributed by atoms with van der Waals surface area (Å²) < 4.78 is 16.9. The number of aliphatic hydroxyl groups is 1. The quantitative estimate of drug-likeness (QED) is 0.418. The monoisotopic (exact) mass is 510 g/mol. The van der Waals surface area contributed by atoms with Crippen LogP contribution in [0.4, 0.5) is 0 Å². The van der Waals surface area contributed by atoms with Gasteiger partial charge in [-0.15, -0.1) is 0 Å². The molecule has 8 nitrogen and oxygen atoms in total. The molecule has 0 saturated carbocycles. The molecule has 4 rings (SSSR count). The van der Waals surface area contributed by atoms with Crippen molar-refractivity contribution in [2.75, 3.05) is 32.8 Å². The predicted octanol–water partition coefficient (Wildman–Crippen LogP) is 3.91. The van der Waals surface area contributed by atoms with Crippen molar-refractivity contribution in [3.8, 4) is 17.2 Å². The zero-order valence-corrected chi connectivity index (χ0v) is 21.8. The van der Waals surface area contributed by atoms with Crippen LogP contribution in [0.5, 0.6) is 17.2 Å². The summed E-state index contributed by atoms with van der Waals surface area (Å²) in [5.74, 6) is 1.82. The SMILES string of the molecule is CC(C)Oc1ccc(C(=O)CCCC(=O)N[C@H](CN2CCCC2)[C@H](O)c2ccc3c(c2)OCCO3)cc1. The highest BCUT2D eigenvalue weighted by Crippen LogP contribution is 2.33. The second-order valence-corrected chi connectivity index (χ2v) is 10.00. The Morgan fingerprint density at radius 2 is 1.70 bits per heavy atom. The maximum absolute atomic E-state index is 12.8. The van der Waals surface area contributed by atoms with Crippen LogP contribution in [0.25, 0.3) is 0 Å². The van der Waals surface area contributed by atoms with Crippen molar-refractivity contribution in [1.29, 1.82) is 0 Å². The molecule has 8 heteroatoms. The molecule has 2 atom stereocenters. The fourth-order valence-corrected chi connectivity index (χ4v) is 4.77. The molecule has 0 aliphatic carbocycles. The lowest BCUT2D eigenvalue weighted by Crippen LogP contribution is -2.46. The summed E-state index contributed by atoms with van der Waals surface area (Å²) in [5.41, 5.74) is 1.28. The summed E-state index contributed by atoms with van der Waals surface area (Å²) >= 11 is 0. The molecule has 2 aliphatic heterocycles. The molecular formula is C29H38N2O6. The molecule has 2 aliphatic rings. The van der Waals surface area contributed by atoms with E-state index in [1.807, 2.05) is 19.9 Å². The molecular weight excluding hydrogens is 472 g/mol. The minimum Gasteiger partial charge on any atom is -0.491 e. The molecule has 0 bridgehead atoms. The zero-order chi connectivity index (χ0) is 26.2. The maximum Gasteiger partial charge on any atom is 0.220 e. The highest BCUT2D eigenvalue weighted by atomic mass is 16.6. The first-order valence-corrected chi connectivity index (χ1v) is 13.3. The second-order valence-electron chi connectivity index (χ2n) is 10.00. The highest BCUT2D eigenvalue weighted by molar-refractivity contribution is 5.96. The van der Waals surface area contributed by atoms with E-state index < -0.39 is 12.1 Å². The summed E-state index contributed by atoms with van der Waals surface area (Å²) in [6.07, 6.45) is 2.34. The molecule has 200 valence electrons. The number of rotatable bonds is 12. The number of nitrogens with one attached hydrogen (secondary N) is 1. The lowest BCUT2D eigenvalue weighted by Gasteiger charge is -2.29. The van der Waals surface area contributed by atoms with Crippen molar-refractivity contribution in [1.82, 2.24) is 10.2 Å². The highest BCUT2D eigenvalue weighted by Gasteiger charge is 2.28. The average molecular weight is 511 g/mol. The third-order valence-electron chi connectivity index (χ3n) is 6.64. The van der Waals surface area contributed by atoms with Crippen molar-refractivity contribution in [3.05, 3.63) is 53.6 Å². The van der Waals surface area contributed by atoms with Gasteiger partial charge >= 0.3 is 0 Å². The zero-order valence-electron chi connectivity index (χ0n) is 21.8. The summed E-state index contributed by atoms with van der Waals surface area (Å²) in [6, 6.07) is 12.0. The van der Waals surface area contributed by atoms with Crippen LogP contribution in [0.2, 0.25) is 0 Å². The van der Waals surface area contributed by atoms with E-state index >= 15 is 0 Å². The first-order valence-electron chi connectivity index (χ1n) is 13.3. The van der Waals surface area contributed by atoms with Gasteiger partial charge in [0, 0.05) is 24.9 Å². The summed E-state index contributed by atoms with van der Waals surface area (Å²) in [5, 5.41) is 14.3. The summed E-state index contributed by atoms with van der Waals surface area (Å²) in [7, 11) is 0. The van der Waals surface area contributed by atoms with Crippen molar-refractivity contribution < 1.29 is 28.9 Å². The predicted molar refractivity (Wildman–Crippen MR) is 140 cm³/mol. The number of ketones is 1. The number of benzene rings is 2. The lowest BCUT2D eigenvalue weighted by atomic mass is 10.00. The number of hydrogen-bond acceptors (Lipinski definition) is 7. The Hall–Kier alpha value is -3.10. The van der Waals surface area contributed by atoms with Gasteiger partial charge in [0.2, 0.25) is 5.91 Å². The van der Waals surface area contributed by atoms with Crippen LogP contribution in [0.1, 0.15) is 68.0 Å². The number of fused-ring (bicyclic) bond motifs is 1. The number of aliphatic hydroxyl groups excluding tert-OH is 1. The van der Waals surface area contributed by atoms with Gasteiger partial charge < -0.3 is 29.5 Å². The fraction of sp³-hybridized carbons (Fsp3) is 0.517. The fourth-order valence-electron chi connectivity index (χ4n) is 4.77. The molecule has 1 fully saturated rings. The van der Waals surface area contributed by atoms with Gasteiger partial charge in [-0.05, 0) is 88.2 Å². The number of ether oxygens (including phenoxy) is 3. The van der Waals surface area contributed by atoms with E-state index in [1.54, 1.807) is 36.4 Å². The van der Waals surface area contributed by atoms with Crippen LogP contribution in [0.15, 0.2) is 42.5 Å². The third kappa shape index (κ3) is 7.69. The Morgan fingerprint density at radius 1 is 1.00 bits per heavy atom. The van der Waals surface area contributed by atoms with Gasteiger partial charge in [-0.3, -0.25) is 9.59 Å². The van der Waals surface area contributed by atoms with Crippen LogP contribution >= 0.6 is 0 Å². The Labute approximate surface area is 218 Å². The van der Waals surface area contributed by atoms with E-state index in [1.165, 1.54) is 0 Å². The first-order chi connectivity index (χ1) is 17.9. The van der Waals surface area contributed by atoms with Crippen molar-refractivity contribution in [2.45, 2.75) is 64.2 Å². The first kappa shape index (κ1) is 26.9. The number of amides is 1. The van der Waals surface area contributed by atoms with Gasteiger partial charge in [-0.25, -0.2) is 0 Å². The molecule has 1 amide bonds. The topological polar surface area (TPSA) is 97.3 Å². The molecule has 0 aromatic heterocycles. The van der Waals surface area contributed by atoms with Gasteiger partial charge in [0.15, 0.2) is 17.3 Å². The maximum atomic E-state index is 12.8.